The number of alkyl halides is 6. The lowest BCUT2D eigenvalue weighted by Gasteiger charge is -2.41. The highest BCUT2D eigenvalue weighted by molar-refractivity contribution is 6.30. The molecule has 3 aliphatic heterocycles. The van der Waals surface area contributed by atoms with Gasteiger partial charge in [-0.2, -0.15) is 26.3 Å². The lowest BCUT2D eigenvalue weighted by Crippen LogP contribution is -2.49. The molecule has 0 unspecified atom stereocenters. The molecule has 0 amide bonds. The van der Waals surface area contributed by atoms with Crippen molar-refractivity contribution in [2.45, 2.75) is 62.6 Å². The molecule has 3 aliphatic rings. The highest BCUT2D eigenvalue weighted by atomic mass is 35.5. The molecule has 2 N–H and O–H groups in total. The Balaban J connectivity index is 0.000000286. The van der Waals surface area contributed by atoms with Crippen molar-refractivity contribution >= 4 is 23.5 Å². The van der Waals surface area contributed by atoms with Crippen molar-refractivity contribution in [1.82, 2.24) is 9.80 Å². The van der Waals surface area contributed by atoms with E-state index in [1.165, 1.54) is 50.8 Å². The number of nitrogens with zero attached hydrogens (tertiary/aromatic N) is 2. The van der Waals surface area contributed by atoms with Crippen LogP contribution in [0.5, 0.6) is 0 Å². The number of carboxylic acid groups (broad SMARTS) is 2. The van der Waals surface area contributed by atoms with Crippen LogP contribution in [-0.2, 0) is 20.9 Å². The first-order chi connectivity index (χ1) is 17.1. The molecule has 1 spiro atoms. The molecule has 1 aromatic rings. The number of hydrogen-bond donors (Lipinski definition) is 2. The fraction of sp³-hybridized carbons (Fsp3) is 0.652. The molecule has 2 atom stereocenters. The fourth-order valence-corrected chi connectivity index (χ4v) is 4.87. The maximum Gasteiger partial charge on any atom is 0.490 e. The van der Waals surface area contributed by atoms with E-state index in [4.69, 9.17) is 36.1 Å². The topological polar surface area (TPSA) is 90.3 Å². The first-order valence-electron chi connectivity index (χ1n) is 11.6. The average Bonchev–Trinajstić information content (AvgIpc) is 3.44. The highest BCUT2D eigenvalue weighted by Gasteiger charge is 2.44. The minimum absolute atomic E-state index is 0.101. The summed E-state index contributed by atoms with van der Waals surface area (Å²) in [5, 5.41) is 15.1. The van der Waals surface area contributed by atoms with Crippen LogP contribution in [-0.4, -0.2) is 88.7 Å². The van der Waals surface area contributed by atoms with Crippen molar-refractivity contribution < 1.29 is 50.9 Å². The monoisotopic (exact) mass is 562 g/mol. The number of aliphatic carboxylic acids is 2. The zero-order valence-corrected chi connectivity index (χ0v) is 20.6. The smallest absolute Gasteiger partial charge is 0.475 e. The van der Waals surface area contributed by atoms with Crippen LogP contribution < -0.4 is 0 Å². The molecule has 4 rings (SSSR count). The number of hydrogen-bond acceptors (Lipinski definition) is 5. The van der Waals surface area contributed by atoms with Crippen LogP contribution in [0, 0.1) is 0 Å². The zero-order chi connectivity index (χ0) is 27.9. The molecule has 37 heavy (non-hydrogen) atoms. The molecule has 3 saturated heterocycles. The van der Waals surface area contributed by atoms with Gasteiger partial charge >= 0.3 is 24.3 Å². The van der Waals surface area contributed by atoms with Gasteiger partial charge in [-0.05, 0) is 62.9 Å². The molecule has 0 aliphatic carbocycles. The van der Waals surface area contributed by atoms with Crippen molar-refractivity contribution in [3.05, 3.63) is 34.9 Å². The van der Waals surface area contributed by atoms with Crippen LogP contribution in [0.15, 0.2) is 24.3 Å². The Morgan fingerprint density at radius 2 is 1.59 bits per heavy atom. The van der Waals surface area contributed by atoms with E-state index in [2.05, 4.69) is 21.9 Å². The van der Waals surface area contributed by atoms with Gasteiger partial charge in [-0.25, -0.2) is 9.59 Å². The van der Waals surface area contributed by atoms with E-state index in [0.29, 0.717) is 0 Å². The molecule has 3 heterocycles. The third-order valence-electron chi connectivity index (χ3n) is 6.30. The van der Waals surface area contributed by atoms with Gasteiger partial charge in [0.2, 0.25) is 0 Å². The second-order valence-corrected chi connectivity index (χ2v) is 9.55. The van der Waals surface area contributed by atoms with Gasteiger partial charge in [0, 0.05) is 37.3 Å². The van der Waals surface area contributed by atoms with Gasteiger partial charge < -0.3 is 19.8 Å². The molecule has 1 aromatic carbocycles. The number of carbonyl (C=O) groups is 2. The second kappa shape index (κ2) is 13.1. The number of ether oxygens (including phenoxy) is 1. The van der Waals surface area contributed by atoms with E-state index in [9.17, 15) is 26.3 Å². The first kappa shape index (κ1) is 31.1. The maximum absolute atomic E-state index is 10.6. The maximum atomic E-state index is 10.6. The standard InChI is InChI=1S/C19H27ClN2O.2C2HF3O2/c20-17-5-3-4-16(12-17)14-21-10-7-19(15-21)13-18(6-11-23-19)22-8-1-2-9-22;2*3-2(4,5)1(6)7/h3-5,12,18H,1-2,6-11,13-15H2;2*(H,6,7)/t18-,19-;;/m1../s1. The zero-order valence-electron chi connectivity index (χ0n) is 19.8. The fourth-order valence-electron chi connectivity index (χ4n) is 4.66. The van der Waals surface area contributed by atoms with E-state index >= 15 is 0 Å². The summed E-state index contributed by atoms with van der Waals surface area (Å²) in [6, 6.07) is 9.00. The minimum atomic E-state index is -5.08. The van der Waals surface area contributed by atoms with Crippen molar-refractivity contribution in [3.63, 3.8) is 0 Å². The SMILES string of the molecule is Clc1cccc(CN2CC[C@@]3(C[C@H](N4CCCC4)CCO3)C2)c1.O=C(O)C(F)(F)F.O=C(O)C(F)(F)F. The molecular formula is C23H29ClF6N2O5. The van der Waals surface area contributed by atoms with Crippen LogP contribution in [0.1, 0.15) is 37.7 Å². The summed E-state index contributed by atoms with van der Waals surface area (Å²) in [7, 11) is 0. The molecule has 3 fully saturated rings. The number of rotatable bonds is 3. The van der Waals surface area contributed by atoms with Crippen LogP contribution in [0.4, 0.5) is 26.3 Å². The molecular weight excluding hydrogens is 534 g/mol. The van der Waals surface area contributed by atoms with Crippen LogP contribution in [0.25, 0.3) is 0 Å². The Labute approximate surface area is 214 Å². The second-order valence-electron chi connectivity index (χ2n) is 9.12. The first-order valence-corrected chi connectivity index (χ1v) is 11.9. The lowest BCUT2D eigenvalue weighted by molar-refractivity contribution is -0.193. The van der Waals surface area contributed by atoms with Crippen LogP contribution >= 0.6 is 11.6 Å². The van der Waals surface area contributed by atoms with Gasteiger partial charge in [-0.3, -0.25) is 4.90 Å². The Hall–Kier alpha value is -2.09. The number of benzene rings is 1. The van der Waals surface area contributed by atoms with Crippen LogP contribution in [0.2, 0.25) is 5.02 Å². The summed E-state index contributed by atoms with van der Waals surface area (Å²) in [5.41, 5.74) is 1.41. The van der Waals surface area contributed by atoms with E-state index < -0.39 is 24.3 Å². The number of likely N-dealkylation sites (tertiary alicyclic amines) is 2. The molecule has 0 bridgehead atoms. The van der Waals surface area contributed by atoms with Gasteiger partial charge in [-0.15, -0.1) is 0 Å². The van der Waals surface area contributed by atoms with Gasteiger partial charge in [0.15, 0.2) is 0 Å². The predicted octanol–water partition coefficient (Wildman–Crippen LogP) is 4.83. The number of carboxylic acids is 2. The van der Waals surface area contributed by atoms with Gasteiger partial charge in [0.05, 0.1) is 5.60 Å². The van der Waals surface area contributed by atoms with E-state index in [1.807, 2.05) is 12.1 Å². The summed E-state index contributed by atoms with van der Waals surface area (Å²) in [6.07, 6.45) is -3.79. The van der Waals surface area contributed by atoms with Crippen molar-refractivity contribution in [2.24, 2.45) is 0 Å². The summed E-state index contributed by atoms with van der Waals surface area (Å²) in [4.78, 5) is 23.0. The van der Waals surface area contributed by atoms with E-state index in [0.717, 1.165) is 37.3 Å². The lowest BCUT2D eigenvalue weighted by atomic mass is 9.89. The molecule has 0 radical (unpaired) electrons. The Morgan fingerprint density at radius 3 is 2.11 bits per heavy atom. The Kier molecular flexibility index (Phi) is 11.0. The summed E-state index contributed by atoms with van der Waals surface area (Å²) < 4.78 is 69.8. The summed E-state index contributed by atoms with van der Waals surface area (Å²) in [6.45, 7) is 6.73. The van der Waals surface area contributed by atoms with Crippen molar-refractivity contribution in [1.29, 1.82) is 0 Å². The molecule has 14 heteroatoms. The third-order valence-corrected chi connectivity index (χ3v) is 6.53. The quantitative estimate of drug-likeness (QED) is 0.510. The van der Waals surface area contributed by atoms with Crippen LogP contribution in [0.3, 0.4) is 0 Å². The largest absolute Gasteiger partial charge is 0.490 e. The molecule has 7 nitrogen and oxygen atoms in total. The van der Waals surface area contributed by atoms with Gasteiger partial charge in [0.25, 0.3) is 0 Å². The summed E-state index contributed by atoms with van der Waals surface area (Å²) >= 11 is 6.12. The predicted molar refractivity (Wildman–Crippen MR) is 121 cm³/mol. The molecule has 0 saturated carbocycles. The highest BCUT2D eigenvalue weighted by Crippen LogP contribution is 2.37. The van der Waals surface area contributed by atoms with E-state index in [-0.39, 0.29) is 5.60 Å². The van der Waals surface area contributed by atoms with Crippen molar-refractivity contribution in [3.8, 4) is 0 Å². The minimum Gasteiger partial charge on any atom is -0.475 e. The normalized spacial score (nSPS) is 24.7. The number of halogens is 7. The van der Waals surface area contributed by atoms with E-state index in [1.54, 1.807) is 0 Å². The van der Waals surface area contributed by atoms with Gasteiger partial charge in [0.1, 0.15) is 0 Å². The summed E-state index contributed by atoms with van der Waals surface area (Å²) in [5.74, 6) is -5.51. The Bertz CT molecular complexity index is 886. The molecule has 0 aromatic heterocycles. The van der Waals surface area contributed by atoms with Gasteiger partial charge in [-0.1, -0.05) is 23.7 Å². The molecule has 210 valence electrons. The third kappa shape index (κ3) is 10.3. The average molecular weight is 563 g/mol. The van der Waals surface area contributed by atoms with Crippen molar-refractivity contribution in [2.75, 3.05) is 32.8 Å². The Morgan fingerprint density at radius 1 is 1.03 bits per heavy atom.